The normalized spacial score (nSPS) is 20.4. The van der Waals surface area contributed by atoms with Crippen LogP contribution in [-0.4, -0.2) is 31.3 Å². The number of unbranched alkanes of at least 4 members (excludes halogenated alkanes) is 2. The molecule has 0 aliphatic carbocycles. The molecule has 0 saturated carbocycles. The van der Waals surface area contributed by atoms with Crippen LogP contribution in [0.2, 0.25) is 0 Å². The second kappa shape index (κ2) is 8.87. The maximum absolute atomic E-state index is 4.28. The van der Waals surface area contributed by atoms with Crippen LogP contribution < -0.4 is 0 Å². The van der Waals surface area contributed by atoms with Gasteiger partial charge in [-0.05, 0) is 38.1 Å². The zero-order valence-corrected chi connectivity index (χ0v) is 12.4. The Morgan fingerprint density at radius 2 is 2.16 bits per heavy atom. The molecular weight excluding hydrogens is 232 g/mol. The van der Waals surface area contributed by atoms with Gasteiger partial charge in [0.2, 0.25) is 0 Å². The van der Waals surface area contributed by atoms with E-state index in [9.17, 15) is 0 Å². The van der Waals surface area contributed by atoms with E-state index < -0.39 is 0 Å². The molecule has 1 unspecified atom stereocenters. The van der Waals surface area contributed by atoms with E-state index in [4.69, 9.17) is 0 Å². The predicted molar refractivity (Wildman–Crippen MR) is 85.7 cm³/mol. The first kappa shape index (κ1) is 15.9. The smallest absolute Gasteiger partial charge is 0.0484 e. The average molecular weight is 260 g/mol. The summed E-state index contributed by atoms with van der Waals surface area (Å²) in [5, 5.41) is 0. The number of hydrogen-bond donors (Lipinski definition) is 0. The van der Waals surface area contributed by atoms with E-state index in [2.05, 4.69) is 36.7 Å². The first-order valence-corrected chi connectivity index (χ1v) is 7.42. The van der Waals surface area contributed by atoms with Crippen LogP contribution in [0, 0.1) is 5.92 Å². The van der Waals surface area contributed by atoms with Gasteiger partial charge in [0.05, 0.1) is 0 Å². The summed E-state index contributed by atoms with van der Waals surface area (Å²) < 4.78 is 0. The maximum Gasteiger partial charge on any atom is 0.0484 e. The summed E-state index contributed by atoms with van der Waals surface area (Å²) in [6, 6.07) is 0. The Kier molecular flexibility index (Phi) is 7.42. The van der Waals surface area contributed by atoms with Crippen LogP contribution >= 0.6 is 0 Å². The lowest BCUT2D eigenvalue weighted by atomic mass is 9.90. The molecule has 0 aromatic heterocycles. The largest absolute Gasteiger partial charge is 0.298 e. The van der Waals surface area contributed by atoms with Gasteiger partial charge in [0.1, 0.15) is 0 Å². The lowest BCUT2D eigenvalue weighted by Gasteiger charge is -2.34. The van der Waals surface area contributed by atoms with Gasteiger partial charge in [-0.3, -0.25) is 9.89 Å². The molecule has 1 atom stereocenters. The highest BCUT2D eigenvalue weighted by atomic mass is 15.1. The first-order chi connectivity index (χ1) is 9.26. The molecule has 1 aliphatic heterocycles. The summed E-state index contributed by atoms with van der Waals surface area (Å²) >= 11 is 0. The summed E-state index contributed by atoms with van der Waals surface area (Å²) in [5.41, 5.74) is 2.45. The summed E-state index contributed by atoms with van der Waals surface area (Å²) in [7, 11) is 0. The fraction of sp³-hybridized carbons (Fsp3) is 0.588. The van der Waals surface area contributed by atoms with Crippen LogP contribution in [0.1, 0.15) is 39.0 Å². The Balaban J connectivity index is 2.72. The molecule has 1 heterocycles. The third-order valence-electron chi connectivity index (χ3n) is 3.79. The molecule has 0 saturated heterocycles. The third kappa shape index (κ3) is 4.79. The van der Waals surface area contributed by atoms with E-state index >= 15 is 0 Å². The zero-order valence-electron chi connectivity index (χ0n) is 12.4. The third-order valence-corrected chi connectivity index (χ3v) is 3.79. The van der Waals surface area contributed by atoms with Crippen LogP contribution in [0.15, 0.2) is 41.6 Å². The molecule has 0 amide bonds. The summed E-state index contributed by atoms with van der Waals surface area (Å²) in [6.07, 6.45) is 9.94. The molecule has 0 fully saturated rings. The second-order valence-electron chi connectivity index (χ2n) is 5.28. The van der Waals surface area contributed by atoms with Crippen LogP contribution in [0.4, 0.5) is 0 Å². The molecule has 0 aromatic carbocycles. The number of nitrogens with zero attached hydrogens (tertiary/aromatic N) is 2. The molecule has 0 radical (unpaired) electrons. The fourth-order valence-electron chi connectivity index (χ4n) is 2.75. The van der Waals surface area contributed by atoms with E-state index in [1.165, 1.54) is 37.0 Å². The zero-order chi connectivity index (χ0) is 14.1. The highest BCUT2D eigenvalue weighted by Crippen LogP contribution is 2.29. The molecule has 106 valence electrons. The number of hydrogen-bond acceptors (Lipinski definition) is 2. The molecule has 0 bridgehead atoms. The van der Waals surface area contributed by atoms with E-state index in [-0.39, 0.29) is 0 Å². The molecule has 0 aromatic rings. The van der Waals surface area contributed by atoms with Gasteiger partial charge in [-0.2, -0.15) is 0 Å². The van der Waals surface area contributed by atoms with Gasteiger partial charge in [-0.1, -0.05) is 38.5 Å². The SMILES string of the molecule is C=CCCCN1CC(C=C)=C(N=C)C(CCCC)C1. The molecule has 1 rings (SSSR count). The molecule has 2 heteroatoms. The average Bonchev–Trinajstić information content (AvgIpc) is 2.44. The number of allylic oxidation sites excluding steroid dienone is 1. The van der Waals surface area contributed by atoms with Crippen LogP contribution in [0.25, 0.3) is 0 Å². The first-order valence-electron chi connectivity index (χ1n) is 7.42. The van der Waals surface area contributed by atoms with E-state index in [1.54, 1.807) is 0 Å². The minimum absolute atomic E-state index is 0.530. The predicted octanol–water partition coefficient (Wildman–Crippen LogP) is 4.22. The van der Waals surface area contributed by atoms with Crippen LogP contribution in [0.3, 0.4) is 0 Å². The Hall–Kier alpha value is -1.15. The molecule has 0 spiro atoms. The molecule has 0 N–H and O–H groups in total. The summed E-state index contributed by atoms with van der Waals surface area (Å²) in [4.78, 5) is 6.80. The van der Waals surface area contributed by atoms with Crippen molar-refractivity contribution in [2.45, 2.75) is 39.0 Å². The van der Waals surface area contributed by atoms with Gasteiger partial charge in [-0.15, -0.1) is 6.58 Å². The van der Waals surface area contributed by atoms with Gasteiger partial charge in [0, 0.05) is 24.7 Å². The van der Waals surface area contributed by atoms with Gasteiger partial charge < -0.3 is 0 Å². The van der Waals surface area contributed by atoms with Crippen molar-refractivity contribution in [3.05, 3.63) is 36.6 Å². The van der Waals surface area contributed by atoms with Crippen molar-refractivity contribution >= 4 is 6.72 Å². The Morgan fingerprint density at radius 1 is 1.37 bits per heavy atom. The minimum atomic E-state index is 0.530. The van der Waals surface area contributed by atoms with Crippen molar-refractivity contribution in [3.8, 4) is 0 Å². The molecular formula is C17H28N2. The topological polar surface area (TPSA) is 15.6 Å². The number of aliphatic imine (C=N–C) groups is 1. The minimum Gasteiger partial charge on any atom is -0.298 e. The van der Waals surface area contributed by atoms with Gasteiger partial charge >= 0.3 is 0 Å². The fourth-order valence-corrected chi connectivity index (χ4v) is 2.75. The van der Waals surface area contributed by atoms with Crippen molar-refractivity contribution in [3.63, 3.8) is 0 Å². The van der Waals surface area contributed by atoms with Crippen LogP contribution in [-0.2, 0) is 0 Å². The van der Waals surface area contributed by atoms with Gasteiger partial charge in [-0.25, -0.2) is 0 Å². The Morgan fingerprint density at radius 3 is 2.74 bits per heavy atom. The van der Waals surface area contributed by atoms with Gasteiger partial charge in [0.15, 0.2) is 0 Å². The van der Waals surface area contributed by atoms with E-state index in [0.717, 1.165) is 26.1 Å². The standard InChI is InChI=1S/C17H28N2/c1-5-8-10-12-19-13-15(7-3)17(18-4)16(14-19)11-9-6-2/h5,7,16H,1,3-4,6,8-14H2,2H3. The molecule has 19 heavy (non-hydrogen) atoms. The molecule has 1 aliphatic rings. The van der Waals surface area contributed by atoms with Crippen molar-refractivity contribution in [2.24, 2.45) is 10.9 Å². The highest BCUT2D eigenvalue weighted by molar-refractivity contribution is 5.37. The monoisotopic (exact) mass is 260 g/mol. The second-order valence-corrected chi connectivity index (χ2v) is 5.28. The van der Waals surface area contributed by atoms with E-state index in [0.29, 0.717) is 5.92 Å². The van der Waals surface area contributed by atoms with Crippen molar-refractivity contribution in [1.29, 1.82) is 0 Å². The lowest BCUT2D eigenvalue weighted by molar-refractivity contribution is 0.235. The van der Waals surface area contributed by atoms with Crippen molar-refractivity contribution < 1.29 is 0 Å². The highest BCUT2D eigenvalue weighted by Gasteiger charge is 2.25. The van der Waals surface area contributed by atoms with Crippen LogP contribution in [0.5, 0.6) is 0 Å². The number of rotatable bonds is 9. The molecule has 2 nitrogen and oxygen atoms in total. The van der Waals surface area contributed by atoms with Crippen molar-refractivity contribution in [2.75, 3.05) is 19.6 Å². The summed E-state index contributed by atoms with van der Waals surface area (Å²) in [5.74, 6) is 0.530. The quantitative estimate of drug-likeness (QED) is 0.344. The van der Waals surface area contributed by atoms with Crippen molar-refractivity contribution in [1.82, 2.24) is 4.90 Å². The Bertz CT molecular complexity index is 341. The maximum atomic E-state index is 4.28. The Labute approximate surface area is 118 Å². The van der Waals surface area contributed by atoms with E-state index in [1.807, 2.05) is 12.2 Å². The summed E-state index contributed by atoms with van der Waals surface area (Å²) in [6.45, 7) is 16.9. The lowest BCUT2D eigenvalue weighted by Crippen LogP contribution is -2.37. The van der Waals surface area contributed by atoms with Gasteiger partial charge in [0.25, 0.3) is 0 Å².